The minimum absolute atomic E-state index is 0.440. The molecule has 1 rings (SSSR count). The smallest absolute Gasteiger partial charge is 0.333 e. The lowest BCUT2D eigenvalue weighted by Crippen LogP contribution is -2.45. The Morgan fingerprint density at radius 1 is 1.08 bits per heavy atom. The summed E-state index contributed by atoms with van der Waals surface area (Å²) in [6.45, 7) is 5.80. The predicted molar refractivity (Wildman–Crippen MR) is 78.9 cm³/mol. The maximum atomic E-state index is 11.5. The van der Waals surface area contributed by atoms with Crippen LogP contribution in [0.2, 0.25) is 0 Å². The summed E-state index contributed by atoms with van der Waals surface area (Å²) in [5.41, 5.74) is -3.07. The second-order valence-corrected chi connectivity index (χ2v) is 4.40. The van der Waals surface area contributed by atoms with Gasteiger partial charge in [-0.05, 0) is 0 Å². The zero-order valence-electron chi connectivity index (χ0n) is 12.4. The zero-order chi connectivity index (χ0) is 18.3. The van der Waals surface area contributed by atoms with Crippen LogP contribution in [0.3, 0.4) is 0 Å². The number of hydrogen-bond donors (Lipinski definition) is 3. The predicted octanol–water partition coefficient (Wildman–Crippen LogP) is -2.24. The molecule has 11 heteroatoms. The highest BCUT2D eigenvalue weighted by molar-refractivity contribution is 5.83. The number of carbonyl (C=O) groups excluding carboxylic acids is 2. The second-order valence-electron chi connectivity index (χ2n) is 4.40. The fraction of sp³-hybridized carbons (Fsp3) is 0.308. The molecule has 0 fully saturated rings. The quantitative estimate of drug-likeness (QED) is 0.272. The third-order valence-electron chi connectivity index (χ3n) is 2.62. The molecule has 130 valence electrons. The van der Waals surface area contributed by atoms with Crippen molar-refractivity contribution in [2.75, 3.05) is 0 Å². The molecule has 0 spiro atoms. The van der Waals surface area contributed by atoms with Crippen LogP contribution in [0, 0.1) is 0 Å². The van der Waals surface area contributed by atoms with Crippen LogP contribution < -0.4 is 17.1 Å². The highest BCUT2D eigenvalue weighted by atomic mass is 16.7. The molecule has 3 N–H and O–H groups in total. The molecule has 11 nitrogen and oxygen atoms in total. The normalized spacial score (nSPS) is 11.6. The Bertz CT molecular complexity index is 746. The van der Waals surface area contributed by atoms with Gasteiger partial charge in [-0.15, -0.1) is 0 Å². The lowest BCUT2D eigenvalue weighted by atomic mass is 10.2. The number of H-pyrrole nitrogens is 2. The Morgan fingerprint density at radius 2 is 1.54 bits per heavy atom. The number of rotatable bonds is 8. The first kappa shape index (κ1) is 18.8. The van der Waals surface area contributed by atoms with Crippen molar-refractivity contribution in [3.8, 4) is 0 Å². The summed E-state index contributed by atoms with van der Waals surface area (Å²) in [6, 6.07) is 0. The van der Waals surface area contributed by atoms with Crippen molar-refractivity contribution in [3.05, 3.63) is 56.8 Å². The van der Waals surface area contributed by atoms with Gasteiger partial charge in [0.25, 0.3) is 6.29 Å². The van der Waals surface area contributed by atoms with Crippen molar-refractivity contribution in [2.45, 2.75) is 25.4 Å². The zero-order valence-corrected chi connectivity index (χ0v) is 12.4. The average molecular weight is 341 g/mol. The molecule has 0 radical (unpaired) electrons. The van der Waals surface area contributed by atoms with Gasteiger partial charge in [-0.2, -0.15) is 0 Å². The topological polar surface area (TPSA) is 161 Å². The van der Waals surface area contributed by atoms with E-state index in [4.69, 9.17) is 9.47 Å². The van der Waals surface area contributed by atoms with E-state index in [0.717, 1.165) is 12.2 Å². The molecular formula is C13H15N3O8. The number of aliphatic hydroxyl groups excluding tert-OH is 1. The van der Waals surface area contributed by atoms with E-state index in [1.54, 1.807) is 0 Å². The lowest BCUT2D eigenvalue weighted by molar-refractivity contribution is -0.185. The van der Waals surface area contributed by atoms with Crippen LogP contribution in [0.25, 0.3) is 0 Å². The van der Waals surface area contributed by atoms with E-state index in [1.807, 2.05) is 9.97 Å². The third-order valence-corrected chi connectivity index (χ3v) is 2.62. The molecule has 0 saturated carbocycles. The summed E-state index contributed by atoms with van der Waals surface area (Å²) < 4.78 is 9.96. The van der Waals surface area contributed by atoms with Crippen LogP contribution in [0.4, 0.5) is 0 Å². The molecule has 0 aliphatic carbocycles. The van der Waals surface area contributed by atoms with Gasteiger partial charge in [0, 0.05) is 18.6 Å². The first-order chi connectivity index (χ1) is 11.3. The number of ether oxygens (including phenoxy) is 2. The average Bonchev–Trinajstić information content (AvgIpc) is 2.50. The molecular weight excluding hydrogens is 326 g/mol. The van der Waals surface area contributed by atoms with Gasteiger partial charge in [0.05, 0.1) is 12.6 Å². The molecule has 1 heterocycles. The molecule has 1 unspecified atom stereocenters. The van der Waals surface area contributed by atoms with Gasteiger partial charge in [0.2, 0.25) is 0 Å². The summed E-state index contributed by atoms with van der Waals surface area (Å²) >= 11 is 0. The van der Waals surface area contributed by atoms with E-state index >= 15 is 0 Å². The van der Waals surface area contributed by atoms with Gasteiger partial charge in [0.15, 0.2) is 0 Å². The fourth-order valence-corrected chi connectivity index (χ4v) is 1.60. The first-order valence-electron chi connectivity index (χ1n) is 6.54. The number of hydrogen-bond acceptors (Lipinski definition) is 8. The number of nitrogens with one attached hydrogen (secondary N) is 2. The Kier molecular flexibility index (Phi) is 6.62. The Balaban J connectivity index is 2.87. The SMILES string of the molecule is C=CC(=O)OC(CC(O)Cn1c(=O)[nH]c(=O)[nH]c1=O)OC(=O)C=C. The maximum absolute atomic E-state index is 11.5. The summed E-state index contributed by atoms with van der Waals surface area (Å²) in [5.74, 6) is -1.83. The van der Waals surface area contributed by atoms with Crippen molar-refractivity contribution in [1.29, 1.82) is 0 Å². The van der Waals surface area contributed by atoms with Gasteiger partial charge >= 0.3 is 29.0 Å². The highest BCUT2D eigenvalue weighted by Gasteiger charge is 2.22. The van der Waals surface area contributed by atoms with Gasteiger partial charge in [0.1, 0.15) is 0 Å². The Labute approximate surface area is 133 Å². The molecule has 1 aromatic heterocycles. The summed E-state index contributed by atoms with van der Waals surface area (Å²) in [5, 5.41) is 9.92. The third kappa shape index (κ3) is 5.53. The molecule has 1 atom stereocenters. The van der Waals surface area contributed by atoms with Crippen LogP contribution in [-0.4, -0.2) is 44.0 Å². The lowest BCUT2D eigenvalue weighted by Gasteiger charge is -2.19. The van der Waals surface area contributed by atoms with Crippen molar-refractivity contribution >= 4 is 11.9 Å². The molecule has 0 aliphatic rings. The monoisotopic (exact) mass is 341 g/mol. The molecule has 0 aliphatic heterocycles. The standard InChI is InChI=1S/C13H15N3O8/c1-3-8(18)23-10(24-9(19)4-2)5-7(17)6-16-12(21)14-11(20)15-13(16)22/h3-4,7,10,17H,1-2,5-6H2,(H2,14,15,20,21,22). The van der Waals surface area contributed by atoms with Crippen LogP contribution in [0.5, 0.6) is 0 Å². The first-order valence-corrected chi connectivity index (χ1v) is 6.54. The minimum Gasteiger partial charge on any atom is -0.422 e. The summed E-state index contributed by atoms with van der Waals surface area (Å²) in [4.78, 5) is 59.9. The van der Waals surface area contributed by atoms with Gasteiger partial charge in [-0.25, -0.2) is 28.5 Å². The summed E-state index contributed by atoms with van der Waals surface area (Å²) in [6.07, 6.45) is -1.72. The number of carbonyl (C=O) groups is 2. The Morgan fingerprint density at radius 3 is 1.96 bits per heavy atom. The van der Waals surface area contributed by atoms with Crippen molar-refractivity contribution in [3.63, 3.8) is 0 Å². The molecule has 24 heavy (non-hydrogen) atoms. The molecule has 0 amide bonds. The highest BCUT2D eigenvalue weighted by Crippen LogP contribution is 2.08. The van der Waals surface area contributed by atoms with E-state index in [9.17, 15) is 29.1 Å². The van der Waals surface area contributed by atoms with Crippen LogP contribution >= 0.6 is 0 Å². The minimum atomic E-state index is -1.49. The number of aromatic nitrogens is 3. The Hall–Kier alpha value is -3.21. The fourth-order valence-electron chi connectivity index (χ4n) is 1.60. The van der Waals surface area contributed by atoms with Crippen LogP contribution in [-0.2, 0) is 25.6 Å². The molecule has 1 aromatic rings. The van der Waals surface area contributed by atoms with Crippen LogP contribution in [0.1, 0.15) is 6.42 Å². The van der Waals surface area contributed by atoms with Gasteiger partial charge in [-0.1, -0.05) is 13.2 Å². The van der Waals surface area contributed by atoms with E-state index in [2.05, 4.69) is 13.2 Å². The molecule has 0 bridgehead atoms. The van der Waals surface area contributed by atoms with Crippen molar-refractivity contribution < 1.29 is 24.2 Å². The number of aromatic amines is 2. The van der Waals surface area contributed by atoms with Gasteiger partial charge in [-0.3, -0.25) is 9.97 Å². The largest absolute Gasteiger partial charge is 0.422 e. The van der Waals surface area contributed by atoms with Crippen molar-refractivity contribution in [2.24, 2.45) is 0 Å². The van der Waals surface area contributed by atoms with Gasteiger partial charge < -0.3 is 14.6 Å². The van der Waals surface area contributed by atoms with E-state index in [-0.39, 0.29) is 0 Å². The van der Waals surface area contributed by atoms with E-state index < -0.39 is 54.4 Å². The molecule has 0 saturated heterocycles. The number of nitrogens with zero attached hydrogens (tertiary/aromatic N) is 1. The number of aliphatic hydroxyl groups is 1. The summed E-state index contributed by atoms with van der Waals surface area (Å²) in [7, 11) is 0. The van der Waals surface area contributed by atoms with E-state index in [0.29, 0.717) is 4.57 Å². The van der Waals surface area contributed by atoms with E-state index in [1.165, 1.54) is 0 Å². The molecule has 0 aromatic carbocycles. The maximum Gasteiger partial charge on any atom is 0.333 e. The number of esters is 2. The second kappa shape index (κ2) is 8.43. The van der Waals surface area contributed by atoms with Crippen LogP contribution in [0.15, 0.2) is 39.7 Å². The van der Waals surface area contributed by atoms with Crippen molar-refractivity contribution in [1.82, 2.24) is 14.5 Å².